The Morgan fingerprint density at radius 1 is 1.29 bits per heavy atom. The Hall–Kier alpha value is -3.02. The molecule has 0 fully saturated rings. The molecule has 0 saturated carbocycles. The fourth-order valence-electron chi connectivity index (χ4n) is 1.62. The first-order chi connectivity index (χ1) is 10.1. The topological polar surface area (TPSA) is 79.3 Å². The number of aromatic nitrogens is 1. The van der Waals surface area contributed by atoms with Crippen LogP contribution in [-0.2, 0) is 4.79 Å². The van der Waals surface area contributed by atoms with Gasteiger partial charge < -0.3 is 10.4 Å². The Morgan fingerprint density at radius 2 is 2.10 bits per heavy atom. The molecule has 1 heterocycles. The molecule has 6 heteroatoms. The van der Waals surface area contributed by atoms with E-state index in [2.05, 4.69) is 10.3 Å². The van der Waals surface area contributed by atoms with Crippen LogP contribution in [0.4, 0.5) is 10.1 Å². The average Bonchev–Trinajstić information content (AvgIpc) is 2.48. The van der Waals surface area contributed by atoms with Crippen LogP contribution in [0.2, 0.25) is 0 Å². The van der Waals surface area contributed by atoms with E-state index in [1.54, 1.807) is 18.2 Å². The highest BCUT2D eigenvalue weighted by atomic mass is 19.1. The molecule has 0 aliphatic carbocycles. The normalized spacial score (nSPS) is 10.5. The predicted molar refractivity (Wildman–Crippen MR) is 75.3 cm³/mol. The Bertz CT molecular complexity index is 714. The highest BCUT2D eigenvalue weighted by molar-refractivity contribution is 6.04. The van der Waals surface area contributed by atoms with Gasteiger partial charge in [-0.15, -0.1) is 0 Å². The van der Waals surface area contributed by atoms with E-state index < -0.39 is 17.7 Å². The van der Waals surface area contributed by atoms with Crippen molar-refractivity contribution in [3.05, 3.63) is 65.7 Å². The van der Waals surface area contributed by atoms with Crippen LogP contribution in [-0.4, -0.2) is 22.0 Å². The number of benzene rings is 1. The van der Waals surface area contributed by atoms with E-state index in [-0.39, 0.29) is 5.69 Å². The van der Waals surface area contributed by atoms with Gasteiger partial charge in [-0.3, -0.25) is 9.78 Å². The number of nitrogens with one attached hydrogen (secondary N) is 1. The minimum atomic E-state index is -1.08. The third-order valence-electron chi connectivity index (χ3n) is 2.59. The van der Waals surface area contributed by atoms with E-state index in [1.165, 1.54) is 24.4 Å². The van der Waals surface area contributed by atoms with Gasteiger partial charge in [0.15, 0.2) is 5.82 Å². The maximum absolute atomic E-state index is 13.4. The zero-order valence-electron chi connectivity index (χ0n) is 10.8. The van der Waals surface area contributed by atoms with Crippen molar-refractivity contribution < 1.29 is 19.1 Å². The molecule has 21 heavy (non-hydrogen) atoms. The number of amides is 1. The summed E-state index contributed by atoms with van der Waals surface area (Å²) in [5.41, 5.74) is 0.875. The molecule has 0 atom stereocenters. The van der Waals surface area contributed by atoms with Crippen LogP contribution in [0.15, 0.2) is 48.8 Å². The zero-order chi connectivity index (χ0) is 15.2. The van der Waals surface area contributed by atoms with Crippen LogP contribution < -0.4 is 5.32 Å². The highest BCUT2D eigenvalue weighted by Crippen LogP contribution is 2.14. The standard InChI is InChI=1S/C15H11FN2O3/c16-12-9-17-7-6-13(12)18-15(21)11-3-1-2-10(8-11)4-5-14(19)20/h1-9H,(H,19,20)(H,17,18,21)/b5-4+. The number of carboxylic acids is 1. The third-order valence-corrected chi connectivity index (χ3v) is 2.59. The molecule has 1 aromatic carbocycles. The lowest BCUT2D eigenvalue weighted by Gasteiger charge is -2.06. The summed E-state index contributed by atoms with van der Waals surface area (Å²) in [6.45, 7) is 0. The van der Waals surface area contributed by atoms with Crippen molar-refractivity contribution in [3.8, 4) is 0 Å². The summed E-state index contributed by atoms with van der Waals surface area (Å²) in [7, 11) is 0. The van der Waals surface area contributed by atoms with Crippen molar-refractivity contribution in [2.75, 3.05) is 5.32 Å². The summed E-state index contributed by atoms with van der Waals surface area (Å²) in [6.07, 6.45) is 4.71. The van der Waals surface area contributed by atoms with E-state index >= 15 is 0 Å². The summed E-state index contributed by atoms with van der Waals surface area (Å²) < 4.78 is 13.4. The van der Waals surface area contributed by atoms with E-state index in [1.807, 2.05) is 0 Å². The van der Waals surface area contributed by atoms with E-state index in [4.69, 9.17) is 5.11 Å². The van der Waals surface area contributed by atoms with Gasteiger partial charge in [-0.1, -0.05) is 12.1 Å². The molecule has 0 unspecified atom stereocenters. The van der Waals surface area contributed by atoms with Crippen molar-refractivity contribution >= 4 is 23.6 Å². The molecule has 1 amide bonds. The molecule has 0 radical (unpaired) electrons. The molecule has 0 spiro atoms. The number of carboxylic acid groups (broad SMARTS) is 1. The number of hydrogen-bond acceptors (Lipinski definition) is 3. The lowest BCUT2D eigenvalue weighted by Crippen LogP contribution is -2.13. The second-order valence-electron chi connectivity index (χ2n) is 4.11. The first-order valence-electron chi connectivity index (χ1n) is 5.98. The molecular formula is C15H11FN2O3. The fraction of sp³-hybridized carbons (Fsp3) is 0. The summed E-state index contributed by atoms with van der Waals surface area (Å²) in [6, 6.07) is 7.67. The smallest absolute Gasteiger partial charge is 0.328 e. The summed E-state index contributed by atoms with van der Waals surface area (Å²) in [5, 5.41) is 11.0. The molecule has 0 bridgehead atoms. The maximum atomic E-state index is 13.4. The lowest BCUT2D eigenvalue weighted by atomic mass is 10.1. The minimum Gasteiger partial charge on any atom is -0.478 e. The second-order valence-corrected chi connectivity index (χ2v) is 4.11. The SMILES string of the molecule is O=C(O)/C=C/c1cccc(C(=O)Nc2ccncc2F)c1. The van der Waals surface area contributed by atoms with Crippen LogP contribution in [0.1, 0.15) is 15.9 Å². The quantitative estimate of drug-likeness (QED) is 0.847. The molecule has 0 saturated heterocycles. The summed E-state index contributed by atoms with van der Waals surface area (Å²) in [4.78, 5) is 26.1. The lowest BCUT2D eigenvalue weighted by molar-refractivity contribution is -0.131. The number of carbonyl (C=O) groups excluding carboxylic acids is 1. The largest absolute Gasteiger partial charge is 0.478 e. The van der Waals surface area contributed by atoms with Gasteiger partial charge in [0.1, 0.15) is 0 Å². The number of aliphatic carboxylic acids is 1. The fourth-order valence-corrected chi connectivity index (χ4v) is 1.62. The molecule has 2 N–H and O–H groups in total. The number of pyridine rings is 1. The number of anilines is 1. The third kappa shape index (κ3) is 3.97. The van der Waals surface area contributed by atoms with Gasteiger partial charge in [-0.05, 0) is 29.8 Å². The molecular weight excluding hydrogens is 275 g/mol. The summed E-state index contributed by atoms with van der Waals surface area (Å²) in [5.74, 6) is -2.21. The van der Waals surface area contributed by atoms with Gasteiger partial charge in [0.2, 0.25) is 0 Å². The van der Waals surface area contributed by atoms with Crippen LogP contribution >= 0.6 is 0 Å². The van der Waals surface area contributed by atoms with Crippen LogP contribution in [0.25, 0.3) is 6.08 Å². The van der Waals surface area contributed by atoms with Gasteiger partial charge in [0.25, 0.3) is 5.91 Å². The highest BCUT2D eigenvalue weighted by Gasteiger charge is 2.09. The molecule has 106 valence electrons. The van der Waals surface area contributed by atoms with Crippen LogP contribution in [0.3, 0.4) is 0 Å². The number of halogens is 1. The number of hydrogen-bond donors (Lipinski definition) is 2. The zero-order valence-corrected chi connectivity index (χ0v) is 10.8. The van der Waals surface area contributed by atoms with Gasteiger partial charge >= 0.3 is 5.97 Å². The Kier molecular flexibility index (Phi) is 4.40. The second kappa shape index (κ2) is 6.42. The van der Waals surface area contributed by atoms with Crippen LogP contribution in [0.5, 0.6) is 0 Å². The first-order valence-corrected chi connectivity index (χ1v) is 5.98. The maximum Gasteiger partial charge on any atom is 0.328 e. The first kappa shape index (κ1) is 14.4. The van der Waals surface area contributed by atoms with E-state index in [9.17, 15) is 14.0 Å². The van der Waals surface area contributed by atoms with Crippen molar-refractivity contribution in [2.24, 2.45) is 0 Å². The van der Waals surface area contributed by atoms with Gasteiger partial charge in [0, 0.05) is 17.8 Å². The van der Waals surface area contributed by atoms with Crippen molar-refractivity contribution in [3.63, 3.8) is 0 Å². The number of nitrogens with zero attached hydrogens (tertiary/aromatic N) is 1. The van der Waals surface area contributed by atoms with Crippen molar-refractivity contribution in [1.29, 1.82) is 0 Å². The van der Waals surface area contributed by atoms with E-state index in [0.29, 0.717) is 11.1 Å². The molecule has 0 aliphatic heterocycles. The predicted octanol–water partition coefficient (Wildman–Crippen LogP) is 2.57. The number of carbonyl (C=O) groups is 2. The molecule has 2 aromatic rings. The Balaban J connectivity index is 2.18. The molecule has 2 rings (SSSR count). The monoisotopic (exact) mass is 286 g/mol. The van der Waals surface area contributed by atoms with Crippen molar-refractivity contribution in [1.82, 2.24) is 4.98 Å². The molecule has 5 nitrogen and oxygen atoms in total. The van der Waals surface area contributed by atoms with Crippen LogP contribution in [0, 0.1) is 5.82 Å². The Morgan fingerprint density at radius 3 is 2.81 bits per heavy atom. The van der Waals surface area contributed by atoms with Gasteiger partial charge in [0.05, 0.1) is 11.9 Å². The van der Waals surface area contributed by atoms with Gasteiger partial charge in [-0.25, -0.2) is 9.18 Å². The van der Waals surface area contributed by atoms with Crippen molar-refractivity contribution in [2.45, 2.75) is 0 Å². The van der Waals surface area contributed by atoms with E-state index in [0.717, 1.165) is 12.3 Å². The van der Waals surface area contributed by atoms with Gasteiger partial charge in [-0.2, -0.15) is 0 Å². The number of rotatable bonds is 4. The average molecular weight is 286 g/mol. The minimum absolute atomic E-state index is 0.0291. The molecule has 1 aromatic heterocycles. The summed E-state index contributed by atoms with van der Waals surface area (Å²) >= 11 is 0. The Labute approximate surface area is 119 Å². The molecule has 0 aliphatic rings.